The van der Waals surface area contributed by atoms with Crippen LogP contribution in [-0.2, 0) is 4.79 Å². The van der Waals surface area contributed by atoms with Crippen molar-refractivity contribution in [3.63, 3.8) is 0 Å². The molecule has 1 aliphatic heterocycles. The summed E-state index contributed by atoms with van der Waals surface area (Å²) in [5, 5.41) is 0.481. The van der Waals surface area contributed by atoms with Gasteiger partial charge in [0.2, 0.25) is 5.88 Å². The molecule has 1 amide bonds. The minimum atomic E-state index is -0.600. The van der Waals surface area contributed by atoms with E-state index in [2.05, 4.69) is 19.9 Å². The van der Waals surface area contributed by atoms with Gasteiger partial charge in [-0.3, -0.25) is 19.6 Å². The number of H-pyrrole nitrogens is 1. The summed E-state index contributed by atoms with van der Waals surface area (Å²) < 4.78 is 10.7. The number of carbonyl (C=O) groups is 2. The highest BCUT2D eigenvalue weighted by molar-refractivity contribution is 6.45. The van der Waals surface area contributed by atoms with E-state index in [1.165, 1.54) is 32.2 Å². The van der Waals surface area contributed by atoms with Gasteiger partial charge in [0.15, 0.2) is 0 Å². The Kier molecular flexibility index (Phi) is 6.44. The van der Waals surface area contributed by atoms with Gasteiger partial charge in [0.25, 0.3) is 11.7 Å². The van der Waals surface area contributed by atoms with Gasteiger partial charge < -0.3 is 19.4 Å². The Morgan fingerprint density at radius 2 is 1.75 bits per heavy atom. The molecule has 0 atom stereocenters. The lowest BCUT2D eigenvalue weighted by molar-refractivity contribution is -0.126. The SMILES string of the molecule is COc1ncc(OC)c2c(C(=O)C(=O)N3CCC(=C(c4ccccc4)c4cnccn4)CC3)c[nH]c12. The Morgan fingerprint density at radius 3 is 2.42 bits per heavy atom. The number of hydrogen-bond acceptors (Lipinski definition) is 7. The van der Waals surface area contributed by atoms with E-state index in [0.717, 1.165) is 16.8 Å². The van der Waals surface area contributed by atoms with E-state index in [0.29, 0.717) is 48.5 Å². The molecule has 182 valence electrons. The van der Waals surface area contributed by atoms with Crippen LogP contribution in [0.15, 0.2) is 66.9 Å². The molecule has 1 aliphatic rings. The van der Waals surface area contributed by atoms with Crippen LogP contribution >= 0.6 is 0 Å². The second-order valence-electron chi connectivity index (χ2n) is 8.34. The zero-order valence-electron chi connectivity index (χ0n) is 20.0. The summed E-state index contributed by atoms with van der Waals surface area (Å²) in [5.41, 5.74) is 4.80. The van der Waals surface area contributed by atoms with Gasteiger partial charge in [-0.15, -0.1) is 0 Å². The number of pyridine rings is 1. The van der Waals surface area contributed by atoms with Crippen LogP contribution in [0, 0.1) is 0 Å². The number of Topliss-reactive ketones (excluding diaryl/α,β-unsaturated/α-hetero) is 1. The number of aromatic amines is 1. The van der Waals surface area contributed by atoms with Gasteiger partial charge in [0.05, 0.1) is 43.3 Å². The zero-order chi connectivity index (χ0) is 25.1. The monoisotopic (exact) mass is 483 g/mol. The molecule has 0 bridgehead atoms. The summed E-state index contributed by atoms with van der Waals surface area (Å²) >= 11 is 0. The number of ketones is 1. The highest BCUT2D eigenvalue weighted by Crippen LogP contribution is 2.34. The maximum Gasteiger partial charge on any atom is 0.295 e. The van der Waals surface area contributed by atoms with Crippen LogP contribution in [0.4, 0.5) is 0 Å². The topological polar surface area (TPSA) is 110 Å². The third-order valence-corrected chi connectivity index (χ3v) is 6.38. The highest BCUT2D eigenvalue weighted by Gasteiger charge is 2.30. The molecule has 0 spiro atoms. The van der Waals surface area contributed by atoms with Gasteiger partial charge in [0, 0.05) is 37.3 Å². The number of fused-ring (bicyclic) bond motifs is 1. The Hall–Kier alpha value is -4.53. The fraction of sp³-hybridized carbons (Fsp3) is 0.222. The van der Waals surface area contributed by atoms with Crippen molar-refractivity contribution in [1.29, 1.82) is 0 Å². The quantitative estimate of drug-likeness (QED) is 0.329. The summed E-state index contributed by atoms with van der Waals surface area (Å²) in [6.45, 7) is 0.863. The predicted octanol–water partition coefficient (Wildman–Crippen LogP) is 3.68. The van der Waals surface area contributed by atoms with Crippen molar-refractivity contribution in [2.24, 2.45) is 0 Å². The molecule has 0 aliphatic carbocycles. The highest BCUT2D eigenvalue weighted by atomic mass is 16.5. The van der Waals surface area contributed by atoms with Crippen LogP contribution in [0.5, 0.6) is 11.6 Å². The number of aromatic nitrogens is 4. The Bertz CT molecular complexity index is 1400. The zero-order valence-corrected chi connectivity index (χ0v) is 20.0. The van der Waals surface area contributed by atoms with Crippen LogP contribution < -0.4 is 9.47 Å². The lowest BCUT2D eigenvalue weighted by Gasteiger charge is -2.29. The van der Waals surface area contributed by atoms with E-state index in [9.17, 15) is 9.59 Å². The van der Waals surface area contributed by atoms with Crippen molar-refractivity contribution in [2.45, 2.75) is 12.8 Å². The number of benzene rings is 1. The molecule has 1 saturated heterocycles. The molecule has 5 rings (SSSR count). The first-order chi connectivity index (χ1) is 17.6. The largest absolute Gasteiger partial charge is 0.494 e. The van der Waals surface area contributed by atoms with Gasteiger partial charge in [0.1, 0.15) is 11.3 Å². The summed E-state index contributed by atoms with van der Waals surface area (Å²) in [7, 11) is 2.98. The van der Waals surface area contributed by atoms with Crippen LogP contribution in [-0.4, -0.2) is 63.8 Å². The number of nitrogens with one attached hydrogen (secondary N) is 1. The van der Waals surface area contributed by atoms with Gasteiger partial charge in [-0.1, -0.05) is 35.9 Å². The molecule has 0 radical (unpaired) electrons. The number of carbonyl (C=O) groups excluding carboxylic acids is 2. The molecule has 0 saturated carbocycles. The van der Waals surface area contributed by atoms with E-state index < -0.39 is 11.7 Å². The molecule has 1 aromatic carbocycles. The van der Waals surface area contributed by atoms with E-state index in [-0.39, 0.29) is 5.56 Å². The van der Waals surface area contributed by atoms with Gasteiger partial charge in [-0.25, -0.2) is 4.98 Å². The number of piperidine rings is 1. The fourth-order valence-electron chi connectivity index (χ4n) is 4.64. The molecular formula is C27H25N5O4. The lowest BCUT2D eigenvalue weighted by Crippen LogP contribution is -2.40. The summed E-state index contributed by atoms with van der Waals surface area (Å²) in [5.74, 6) is -0.433. The van der Waals surface area contributed by atoms with Crippen LogP contribution in [0.1, 0.15) is 34.5 Å². The molecule has 4 heterocycles. The third kappa shape index (κ3) is 4.19. The second-order valence-corrected chi connectivity index (χ2v) is 8.34. The molecule has 3 aromatic heterocycles. The molecule has 36 heavy (non-hydrogen) atoms. The van der Waals surface area contributed by atoms with Crippen molar-refractivity contribution >= 4 is 28.2 Å². The number of likely N-dealkylation sites (tertiary alicyclic amines) is 1. The molecule has 1 fully saturated rings. The molecule has 4 aromatic rings. The Morgan fingerprint density at radius 1 is 0.972 bits per heavy atom. The van der Waals surface area contributed by atoms with Crippen molar-refractivity contribution < 1.29 is 19.1 Å². The minimum Gasteiger partial charge on any atom is -0.494 e. The number of rotatable bonds is 6. The van der Waals surface area contributed by atoms with Crippen molar-refractivity contribution in [1.82, 2.24) is 24.8 Å². The number of ether oxygens (including phenoxy) is 2. The van der Waals surface area contributed by atoms with Crippen LogP contribution in [0.3, 0.4) is 0 Å². The summed E-state index contributed by atoms with van der Waals surface area (Å²) in [6, 6.07) is 10.0. The number of methoxy groups -OCH3 is 2. The maximum atomic E-state index is 13.3. The van der Waals surface area contributed by atoms with Crippen molar-refractivity contribution in [3.05, 3.63) is 83.7 Å². The normalized spacial score (nSPS) is 13.5. The third-order valence-electron chi connectivity index (χ3n) is 6.38. The molecule has 9 nitrogen and oxygen atoms in total. The average Bonchev–Trinajstić information content (AvgIpc) is 3.39. The fourth-order valence-corrected chi connectivity index (χ4v) is 4.64. The average molecular weight is 484 g/mol. The first-order valence-electron chi connectivity index (χ1n) is 11.6. The molecule has 9 heteroatoms. The van der Waals surface area contributed by atoms with E-state index >= 15 is 0 Å². The molecular weight excluding hydrogens is 458 g/mol. The van der Waals surface area contributed by atoms with Crippen molar-refractivity contribution in [2.75, 3.05) is 27.3 Å². The summed E-state index contributed by atoms with van der Waals surface area (Å²) in [6.07, 6.45) is 9.33. The second kappa shape index (κ2) is 9.99. The maximum absolute atomic E-state index is 13.3. The predicted molar refractivity (Wildman–Crippen MR) is 134 cm³/mol. The van der Waals surface area contributed by atoms with E-state index in [4.69, 9.17) is 9.47 Å². The Labute approximate surface area is 207 Å². The lowest BCUT2D eigenvalue weighted by atomic mass is 9.91. The number of hydrogen-bond donors (Lipinski definition) is 1. The standard InChI is InChI=1S/C27H25N5O4/c1-35-21-16-31-26(36-2)24-23(21)19(14-30-24)25(33)27(34)32-12-8-18(9-13-32)22(17-6-4-3-5-7-17)20-15-28-10-11-29-20/h3-7,10-11,14-16,30H,8-9,12-13H2,1-2H3. The van der Waals surface area contributed by atoms with Crippen LogP contribution in [0.25, 0.3) is 16.5 Å². The van der Waals surface area contributed by atoms with Gasteiger partial charge in [-0.05, 0) is 18.4 Å². The van der Waals surface area contributed by atoms with Crippen LogP contribution in [0.2, 0.25) is 0 Å². The molecule has 0 unspecified atom stereocenters. The first kappa shape index (κ1) is 23.2. The van der Waals surface area contributed by atoms with E-state index in [1.54, 1.807) is 23.5 Å². The number of nitrogens with zero attached hydrogens (tertiary/aromatic N) is 4. The molecule has 1 N–H and O–H groups in total. The smallest absolute Gasteiger partial charge is 0.295 e. The van der Waals surface area contributed by atoms with Crippen molar-refractivity contribution in [3.8, 4) is 11.6 Å². The Balaban J connectivity index is 1.41. The van der Waals surface area contributed by atoms with E-state index in [1.807, 2.05) is 30.3 Å². The minimum absolute atomic E-state index is 0.235. The number of amides is 1. The first-order valence-corrected chi connectivity index (χ1v) is 11.6. The van der Waals surface area contributed by atoms with Gasteiger partial charge in [-0.2, -0.15) is 0 Å². The van der Waals surface area contributed by atoms with Gasteiger partial charge >= 0.3 is 0 Å². The summed E-state index contributed by atoms with van der Waals surface area (Å²) in [4.78, 5) is 44.1.